The van der Waals surface area contributed by atoms with Gasteiger partial charge in [-0.2, -0.15) is 0 Å². The van der Waals surface area contributed by atoms with Gasteiger partial charge in [-0.05, 0) is 104 Å². The number of aliphatic hydroxyl groups excluding tert-OH is 1. The molecule has 0 heterocycles. The molecule has 0 aromatic carbocycles. The second-order valence-corrected chi connectivity index (χ2v) is 13.2. The number of allylic oxidation sites excluding steroid dienone is 2. The summed E-state index contributed by atoms with van der Waals surface area (Å²) in [5.41, 5.74) is 4.58. The first-order valence-corrected chi connectivity index (χ1v) is 13.4. The number of hydrogen-bond acceptors (Lipinski definition) is 3. The summed E-state index contributed by atoms with van der Waals surface area (Å²) in [6, 6.07) is 0. The normalized spacial score (nSPS) is 43.8. The molecule has 0 amide bonds. The summed E-state index contributed by atoms with van der Waals surface area (Å²) in [6.45, 7) is 14.8. The Morgan fingerprint density at radius 2 is 1.75 bits per heavy atom. The standard InChI is InChI=1S/C29H48O3/c1-19(9-8-10-25(31)32-7)20-13-17-29(6)22-11-12-23-26(2,3)24(30)15-16-27(23,4)21(22)14-18-28(20,29)5/h19-20,23-24,30H,8-18H2,1-7H3/t19-,20-,23+,24?,27-,28-,29+/m1/s1. The van der Waals surface area contributed by atoms with Crippen molar-refractivity contribution < 1.29 is 14.6 Å². The minimum absolute atomic E-state index is 0.0134. The molecule has 0 aliphatic heterocycles. The number of rotatable bonds is 5. The van der Waals surface area contributed by atoms with Crippen LogP contribution in [0.1, 0.15) is 112 Å². The first kappa shape index (κ1) is 24.3. The number of carbonyl (C=O) groups excluding carboxylic acids is 1. The van der Waals surface area contributed by atoms with Crippen molar-refractivity contribution in [3.8, 4) is 0 Å². The molecule has 1 N–H and O–H groups in total. The quantitative estimate of drug-likeness (QED) is 0.364. The second-order valence-electron chi connectivity index (χ2n) is 13.2. The third-order valence-corrected chi connectivity index (χ3v) is 11.7. The number of aliphatic hydroxyl groups is 1. The zero-order valence-corrected chi connectivity index (χ0v) is 21.9. The van der Waals surface area contributed by atoms with Crippen LogP contribution in [-0.4, -0.2) is 24.3 Å². The van der Waals surface area contributed by atoms with Crippen LogP contribution in [-0.2, 0) is 9.53 Å². The molecule has 4 aliphatic rings. The van der Waals surface area contributed by atoms with E-state index in [-0.39, 0.29) is 22.9 Å². The number of ether oxygens (including phenoxy) is 1. The maximum absolute atomic E-state index is 11.6. The van der Waals surface area contributed by atoms with Crippen LogP contribution in [0.15, 0.2) is 11.1 Å². The lowest BCUT2D eigenvalue weighted by Crippen LogP contribution is -2.55. The Morgan fingerprint density at radius 1 is 1.03 bits per heavy atom. The number of hydrogen-bond donors (Lipinski definition) is 1. The summed E-state index contributed by atoms with van der Waals surface area (Å²) in [5, 5.41) is 10.8. The first-order chi connectivity index (χ1) is 14.9. The van der Waals surface area contributed by atoms with Crippen molar-refractivity contribution in [3.63, 3.8) is 0 Å². The Labute approximate surface area is 196 Å². The van der Waals surface area contributed by atoms with E-state index in [4.69, 9.17) is 4.74 Å². The highest BCUT2D eigenvalue weighted by atomic mass is 16.5. The van der Waals surface area contributed by atoms with Crippen molar-refractivity contribution in [2.75, 3.05) is 7.11 Å². The summed E-state index contributed by atoms with van der Waals surface area (Å²) in [4.78, 5) is 11.6. The fourth-order valence-electron chi connectivity index (χ4n) is 9.50. The molecule has 0 bridgehead atoms. The van der Waals surface area contributed by atoms with Gasteiger partial charge in [0.1, 0.15) is 0 Å². The maximum atomic E-state index is 11.6. The van der Waals surface area contributed by atoms with Crippen molar-refractivity contribution in [1.29, 1.82) is 0 Å². The van der Waals surface area contributed by atoms with Gasteiger partial charge in [0.2, 0.25) is 0 Å². The number of methoxy groups -OCH3 is 1. The van der Waals surface area contributed by atoms with E-state index >= 15 is 0 Å². The van der Waals surface area contributed by atoms with Gasteiger partial charge in [0.05, 0.1) is 13.2 Å². The minimum Gasteiger partial charge on any atom is -0.469 e. The van der Waals surface area contributed by atoms with Crippen molar-refractivity contribution >= 4 is 5.97 Å². The molecular weight excluding hydrogens is 396 g/mol. The van der Waals surface area contributed by atoms with Gasteiger partial charge in [-0.1, -0.05) is 52.7 Å². The average Bonchev–Trinajstić information content (AvgIpc) is 3.02. The molecule has 2 fully saturated rings. The Balaban J connectivity index is 1.60. The first-order valence-electron chi connectivity index (χ1n) is 13.4. The molecule has 0 aromatic heterocycles. The summed E-state index contributed by atoms with van der Waals surface area (Å²) in [7, 11) is 1.49. The maximum Gasteiger partial charge on any atom is 0.305 e. The molecular formula is C29H48O3. The van der Waals surface area contributed by atoms with Crippen molar-refractivity contribution in [3.05, 3.63) is 11.1 Å². The fourth-order valence-corrected chi connectivity index (χ4v) is 9.50. The van der Waals surface area contributed by atoms with E-state index in [0.29, 0.717) is 29.1 Å². The Hall–Kier alpha value is -0.830. The van der Waals surface area contributed by atoms with Crippen molar-refractivity contribution in [2.24, 2.45) is 39.4 Å². The van der Waals surface area contributed by atoms with Gasteiger partial charge in [0, 0.05) is 6.42 Å². The highest BCUT2D eigenvalue weighted by Crippen LogP contribution is 2.72. The Morgan fingerprint density at radius 3 is 2.44 bits per heavy atom. The predicted octanol–water partition coefficient (Wildman–Crippen LogP) is 7.08. The van der Waals surface area contributed by atoms with E-state index in [1.165, 1.54) is 45.6 Å². The summed E-state index contributed by atoms with van der Waals surface area (Å²) < 4.78 is 4.85. The number of fused-ring (bicyclic) bond motifs is 4. The van der Waals surface area contributed by atoms with Gasteiger partial charge >= 0.3 is 5.97 Å². The van der Waals surface area contributed by atoms with Crippen LogP contribution < -0.4 is 0 Å². The average molecular weight is 445 g/mol. The Bertz CT molecular complexity index is 781. The zero-order valence-electron chi connectivity index (χ0n) is 21.9. The van der Waals surface area contributed by atoms with Crippen LogP contribution in [0, 0.1) is 39.4 Å². The van der Waals surface area contributed by atoms with Crippen molar-refractivity contribution in [2.45, 2.75) is 118 Å². The summed E-state index contributed by atoms with van der Waals surface area (Å²) in [5.74, 6) is 1.93. The lowest BCUT2D eigenvalue weighted by Gasteiger charge is -2.62. The van der Waals surface area contributed by atoms with E-state index in [1.807, 2.05) is 5.57 Å². The molecule has 32 heavy (non-hydrogen) atoms. The van der Waals surface area contributed by atoms with E-state index in [2.05, 4.69) is 41.5 Å². The summed E-state index contributed by atoms with van der Waals surface area (Å²) in [6.07, 6.45) is 12.3. The van der Waals surface area contributed by atoms with Crippen LogP contribution in [0.3, 0.4) is 0 Å². The van der Waals surface area contributed by atoms with Gasteiger partial charge in [0.15, 0.2) is 0 Å². The molecule has 4 aliphatic carbocycles. The largest absolute Gasteiger partial charge is 0.469 e. The highest BCUT2D eigenvalue weighted by Gasteiger charge is 2.63. The monoisotopic (exact) mass is 444 g/mol. The van der Waals surface area contributed by atoms with E-state index in [1.54, 1.807) is 5.57 Å². The molecule has 0 saturated heterocycles. The molecule has 7 atom stereocenters. The SMILES string of the molecule is COC(=O)CCC[C@@H](C)[C@H]1CC[C@@]2(C)C3=C(CC[C@]12C)[C@@]1(C)CCC(O)C(C)(C)[C@@H]1CC3. The van der Waals surface area contributed by atoms with Crippen molar-refractivity contribution in [1.82, 2.24) is 0 Å². The van der Waals surface area contributed by atoms with Crippen LogP contribution in [0.25, 0.3) is 0 Å². The predicted molar refractivity (Wildman–Crippen MR) is 130 cm³/mol. The van der Waals surface area contributed by atoms with Gasteiger partial charge in [-0.3, -0.25) is 4.79 Å². The molecule has 182 valence electrons. The molecule has 1 unspecified atom stereocenters. The van der Waals surface area contributed by atoms with E-state index in [9.17, 15) is 9.90 Å². The minimum atomic E-state index is -0.158. The number of carbonyl (C=O) groups is 1. The fraction of sp³-hybridized carbons (Fsp3) is 0.897. The molecule has 3 heteroatoms. The lowest BCUT2D eigenvalue weighted by molar-refractivity contribution is -0.140. The molecule has 2 saturated carbocycles. The van der Waals surface area contributed by atoms with Gasteiger partial charge < -0.3 is 9.84 Å². The van der Waals surface area contributed by atoms with Crippen LogP contribution in [0.5, 0.6) is 0 Å². The second kappa shape index (κ2) is 8.14. The van der Waals surface area contributed by atoms with Gasteiger partial charge in [-0.15, -0.1) is 0 Å². The highest BCUT2D eigenvalue weighted by molar-refractivity contribution is 5.68. The van der Waals surface area contributed by atoms with Crippen LogP contribution >= 0.6 is 0 Å². The molecule has 0 radical (unpaired) electrons. The Kier molecular flexibility index (Phi) is 6.18. The van der Waals surface area contributed by atoms with Gasteiger partial charge in [0.25, 0.3) is 0 Å². The van der Waals surface area contributed by atoms with E-state index in [0.717, 1.165) is 31.6 Å². The zero-order chi connectivity index (χ0) is 23.5. The molecule has 3 nitrogen and oxygen atoms in total. The van der Waals surface area contributed by atoms with Crippen LogP contribution in [0.2, 0.25) is 0 Å². The topological polar surface area (TPSA) is 46.5 Å². The molecule has 0 spiro atoms. The third kappa shape index (κ3) is 3.35. The lowest BCUT2D eigenvalue weighted by atomic mass is 9.43. The number of esters is 1. The molecule has 4 rings (SSSR count). The smallest absolute Gasteiger partial charge is 0.305 e. The van der Waals surface area contributed by atoms with E-state index < -0.39 is 0 Å². The van der Waals surface area contributed by atoms with Gasteiger partial charge in [-0.25, -0.2) is 0 Å². The van der Waals surface area contributed by atoms with Crippen LogP contribution in [0.4, 0.5) is 0 Å². The summed E-state index contributed by atoms with van der Waals surface area (Å²) >= 11 is 0. The molecule has 0 aromatic rings. The third-order valence-electron chi connectivity index (χ3n) is 11.7.